The fourth-order valence-corrected chi connectivity index (χ4v) is 0.928. The van der Waals surface area contributed by atoms with Crippen LogP contribution in [0.1, 0.15) is 6.42 Å². The molecule has 0 fully saturated rings. The lowest BCUT2D eigenvalue weighted by molar-refractivity contribution is -0.138. The van der Waals surface area contributed by atoms with E-state index in [0.29, 0.717) is 12.3 Å². The van der Waals surface area contributed by atoms with Gasteiger partial charge in [0.15, 0.2) is 0 Å². The number of hydrazone groups is 1. The first kappa shape index (κ1) is 9.08. The lowest BCUT2D eigenvalue weighted by Gasteiger charge is -2.25. The topological polar surface area (TPSA) is 64.9 Å². The van der Waals surface area contributed by atoms with Gasteiger partial charge in [0, 0.05) is 18.8 Å². The van der Waals surface area contributed by atoms with Crippen LogP contribution in [0.5, 0.6) is 0 Å². The molecule has 1 aliphatic heterocycles. The first-order valence-electron chi connectivity index (χ1n) is 3.29. The Balaban J connectivity index is 2.76. The zero-order chi connectivity index (χ0) is 9.14. The molecule has 0 bridgehead atoms. The van der Waals surface area contributed by atoms with E-state index in [1.165, 1.54) is 11.9 Å². The number of likely N-dealkylation sites (N-methyl/N-ethyl adjacent to an activating group) is 1. The number of rotatable bonds is 2. The van der Waals surface area contributed by atoms with Crippen LogP contribution in [-0.4, -0.2) is 40.4 Å². The van der Waals surface area contributed by atoms with Crippen LogP contribution in [0, 0.1) is 0 Å². The van der Waals surface area contributed by atoms with Gasteiger partial charge in [-0.1, -0.05) is 12.2 Å². The zero-order valence-corrected chi connectivity index (χ0v) is 7.26. The van der Waals surface area contributed by atoms with Gasteiger partial charge in [-0.25, -0.2) is 0 Å². The smallest absolute Gasteiger partial charge is 0.278 e. The number of nitrogens with one attached hydrogen (secondary N) is 1. The van der Waals surface area contributed by atoms with Crippen LogP contribution in [-0.2, 0) is 4.79 Å². The summed E-state index contributed by atoms with van der Waals surface area (Å²) in [7, 11) is 1.53. The lowest BCUT2D eigenvalue weighted by atomic mass is 10.3. The average Bonchev–Trinajstić information content (AvgIpc) is 2.07. The number of nitrogens with zero attached hydrogens (tertiary/aromatic N) is 2. The standard InChI is InChI=1S/C6H8N3O2S/c1-9-4(2-3-12)7-8-5(10)6(9)11/h5,8,10H,2H2,1H3. The van der Waals surface area contributed by atoms with E-state index >= 15 is 0 Å². The first-order chi connectivity index (χ1) is 5.66. The molecule has 0 spiro atoms. The predicted octanol–water partition coefficient (Wildman–Crippen LogP) is -1.05. The number of hydrogen-bond donors (Lipinski definition) is 2. The number of thiocarbonyl (C=S) groups is 1. The normalized spacial score (nSPS) is 23.2. The third-order valence-corrected chi connectivity index (χ3v) is 1.64. The molecule has 6 heteroatoms. The zero-order valence-electron chi connectivity index (χ0n) is 6.44. The van der Waals surface area contributed by atoms with E-state index in [2.05, 4.69) is 28.1 Å². The average molecular weight is 186 g/mol. The van der Waals surface area contributed by atoms with Gasteiger partial charge in [0.05, 0.1) is 0 Å². The summed E-state index contributed by atoms with van der Waals surface area (Å²) in [6, 6.07) is 0. The van der Waals surface area contributed by atoms with Crippen molar-refractivity contribution in [3.8, 4) is 0 Å². The van der Waals surface area contributed by atoms with Gasteiger partial charge < -0.3 is 5.11 Å². The second-order valence-electron chi connectivity index (χ2n) is 2.28. The molecule has 1 amide bonds. The maximum atomic E-state index is 11.1. The molecule has 0 aromatic carbocycles. The van der Waals surface area contributed by atoms with Crippen LogP contribution in [0.2, 0.25) is 0 Å². The fraction of sp³-hybridized carbons (Fsp3) is 0.500. The molecule has 1 radical (unpaired) electrons. The monoisotopic (exact) mass is 186 g/mol. The Hall–Kier alpha value is -1.01. The quantitative estimate of drug-likeness (QED) is 0.540. The van der Waals surface area contributed by atoms with Gasteiger partial charge in [-0.15, -0.1) is 0 Å². The molecular formula is C6H8N3O2S. The van der Waals surface area contributed by atoms with Crippen LogP contribution in [0.4, 0.5) is 0 Å². The fourth-order valence-electron chi connectivity index (χ4n) is 0.799. The molecule has 0 aromatic heterocycles. The van der Waals surface area contributed by atoms with Gasteiger partial charge in [-0.2, -0.15) is 5.10 Å². The van der Waals surface area contributed by atoms with E-state index in [1.807, 2.05) is 0 Å². The van der Waals surface area contributed by atoms with E-state index in [9.17, 15) is 4.79 Å². The highest BCUT2D eigenvalue weighted by Crippen LogP contribution is 2.01. The van der Waals surface area contributed by atoms with E-state index < -0.39 is 12.1 Å². The van der Waals surface area contributed by atoms with Gasteiger partial charge in [0.25, 0.3) is 5.91 Å². The Morgan fingerprint density at radius 1 is 1.92 bits per heavy atom. The van der Waals surface area contributed by atoms with Gasteiger partial charge in [-0.3, -0.25) is 15.1 Å². The highest BCUT2D eigenvalue weighted by atomic mass is 32.1. The van der Waals surface area contributed by atoms with E-state index in [1.54, 1.807) is 0 Å². The van der Waals surface area contributed by atoms with E-state index in [4.69, 9.17) is 5.11 Å². The third kappa shape index (κ3) is 1.59. The number of hydrogen-bond acceptors (Lipinski definition) is 5. The molecule has 5 nitrogen and oxygen atoms in total. The maximum absolute atomic E-state index is 11.1. The minimum atomic E-state index is -1.25. The Morgan fingerprint density at radius 3 is 3.17 bits per heavy atom. The summed E-state index contributed by atoms with van der Waals surface area (Å²) in [4.78, 5) is 12.3. The van der Waals surface area contributed by atoms with Gasteiger partial charge in [-0.05, 0) is 0 Å². The van der Waals surface area contributed by atoms with Crippen molar-refractivity contribution < 1.29 is 9.90 Å². The second-order valence-corrected chi connectivity index (χ2v) is 2.57. The van der Waals surface area contributed by atoms with Gasteiger partial charge in [0.1, 0.15) is 5.84 Å². The summed E-state index contributed by atoms with van der Waals surface area (Å²) in [5, 5.41) is 15.1. The van der Waals surface area contributed by atoms with E-state index in [0.717, 1.165) is 0 Å². The Kier molecular flexibility index (Phi) is 2.72. The number of carbonyl (C=O) groups is 1. The van der Waals surface area contributed by atoms with Crippen molar-refractivity contribution in [2.45, 2.75) is 12.6 Å². The molecule has 1 unspecified atom stereocenters. The Bertz CT molecular complexity index is 241. The molecule has 1 atom stereocenters. The van der Waals surface area contributed by atoms with Crippen molar-refractivity contribution in [2.24, 2.45) is 5.10 Å². The largest absolute Gasteiger partial charge is 0.365 e. The Labute approximate surface area is 75.0 Å². The van der Waals surface area contributed by atoms with Crippen LogP contribution < -0.4 is 5.43 Å². The molecule has 0 saturated heterocycles. The molecule has 1 rings (SSSR count). The summed E-state index contributed by atoms with van der Waals surface area (Å²) in [6.07, 6.45) is -0.944. The summed E-state index contributed by atoms with van der Waals surface area (Å²) < 4.78 is 0. The van der Waals surface area contributed by atoms with Crippen molar-refractivity contribution in [3.05, 3.63) is 0 Å². The molecule has 0 aromatic rings. The minimum Gasteiger partial charge on any atom is -0.365 e. The summed E-state index contributed by atoms with van der Waals surface area (Å²) in [5.41, 5.74) is 2.26. The van der Waals surface area contributed by atoms with Crippen molar-refractivity contribution >= 4 is 29.3 Å². The van der Waals surface area contributed by atoms with Crippen LogP contribution in [0.25, 0.3) is 0 Å². The highest BCUT2D eigenvalue weighted by molar-refractivity contribution is 7.79. The number of aliphatic hydroxyl groups excluding tert-OH is 1. The molecule has 0 aliphatic carbocycles. The predicted molar refractivity (Wildman–Crippen MR) is 46.6 cm³/mol. The first-order valence-corrected chi connectivity index (χ1v) is 3.70. The highest BCUT2D eigenvalue weighted by Gasteiger charge is 2.26. The van der Waals surface area contributed by atoms with Crippen molar-refractivity contribution in [3.63, 3.8) is 0 Å². The molecule has 65 valence electrons. The number of amides is 1. The van der Waals surface area contributed by atoms with Crippen molar-refractivity contribution in [1.82, 2.24) is 10.3 Å². The molecule has 1 aliphatic rings. The van der Waals surface area contributed by atoms with E-state index in [-0.39, 0.29) is 0 Å². The SMILES string of the molecule is CN1C(=O)C(O)NN=C1C[C]=S. The van der Waals surface area contributed by atoms with Gasteiger partial charge >= 0.3 is 0 Å². The maximum Gasteiger partial charge on any atom is 0.278 e. The lowest BCUT2D eigenvalue weighted by Crippen LogP contribution is -2.50. The van der Waals surface area contributed by atoms with Crippen LogP contribution in [0.3, 0.4) is 0 Å². The molecule has 1 heterocycles. The summed E-state index contributed by atoms with van der Waals surface area (Å²) in [6.45, 7) is 0. The van der Waals surface area contributed by atoms with Crippen molar-refractivity contribution in [2.75, 3.05) is 7.05 Å². The summed E-state index contributed by atoms with van der Waals surface area (Å²) >= 11 is 4.49. The molecule has 12 heavy (non-hydrogen) atoms. The minimum absolute atomic E-state index is 0.303. The molecule has 2 N–H and O–H groups in total. The molecule has 0 saturated carbocycles. The number of amidine groups is 1. The molecular weight excluding hydrogens is 178 g/mol. The number of carbonyl (C=O) groups excluding carboxylic acids is 1. The van der Waals surface area contributed by atoms with Crippen LogP contribution >= 0.6 is 12.2 Å². The van der Waals surface area contributed by atoms with Gasteiger partial charge in [0.2, 0.25) is 6.23 Å². The summed E-state index contributed by atoms with van der Waals surface area (Å²) in [5.74, 6) is 0.0190. The van der Waals surface area contributed by atoms with Crippen molar-refractivity contribution in [1.29, 1.82) is 0 Å². The second kappa shape index (κ2) is 3.59. The van der Waals surface area contributed by atoms with Crippen LogP contribution in [0.15, 0.2) is 5.10 Å². The Morgan fingerprint density at radius 2 is 2.58 bits per heavy atom. The third-order valence-electron chi connectivity index (χ3n) is 1.50. The number of aliphatic hydroxyl groups is 1.